The molecule has 0 aromatic heterocycles. The maximum absolute atomic E-state index is 11.0. The summed E-state index contributed by atoms with van der Waals surface area (Å²) >= 11 is 0. The van der Waals surface area contributed by atoms with Gasteiger partial charge in [-0.15, -0.1) is 0 Å². The number of phenolic OH excluding ortho intramolecular Hbond substituents is 2. The zero-order valence-electron chi connectivity index (χ0n) is 17.8. The minimum Gasteiger partial charge on any atom is -0.545 e. The summed E-state index contributed by atoms with van der Waals surface area (Å²) in [6.07, 6.45) is 5.80. The molecule has 0 radical (unpaired) electrons. The number of carboxylic acid groups (broad SMARTS) is 2. The Morgan fingerprint density at radius 2 is 1.15 bits per heavy atom. The van der Waals surface area contributed by atoms with Crippen molar-refractivity contribution in [1.29, 1.82) is 0 Å². The van der Waals surface area contributed by atoms with Crippen LogP contribution in [0.1, 0.15) is 11.1 Å². The topological polar surface area (TPSA) is 163 Å². The van der Waals surface area contributed by atoms with Gasteiger partial charge in [0.25, 0.3) is 0 Å². The van der Waals surface area contributed by atoms with Crippen LogP contribution in [0.5, 0.6) is 11.5 Å². The van der Waals surface area contributed by atoms with E-state index in [0.717, 1.165) is 0 Å². The van der Waals surface area contributed by atoms with Crippen LogP contribution in [0, 0.1) is 0 Å². The van der Waals surface area contributed by atoms with E-state index in [-0.39, 0.29) is 31.0 Å². The third kappa shape index (κ3) is 4.85. The van der Waals surface area contributed by atoms with Gasteiger partial charge in [0.1, 0.15) is 11.5 Å². The van der Waals surface area contributed by atoms with Crippen molar-refractivity contribution < 1.29 is 59.0 Å². The van der Waals surface area contributed by atoms with Crippen LogP contribution in [0.2, 0.25) is 0 Å². The average molecular weight is 506 g/mol. The van der Waals surface area contributed by atoms with E-state index in [1.807, 2.05) is 0 Å². The molecule has 2 heterocycles. The molecule has 0 fully saturated rings. The largest absolute Gasteiger partial charge is 2.00 e. The number of nitrogens with one attached hydrogen (secondary N) is 2. The Morgan fingerprint density at radius 1 is 0.788 bits per heavy atom. The van der Waals surface area contributed by atoms with Crippen LogP contribution in [0.15, 0.2) is 48.6 Å². The summed E-state index contributed by atoms with van der Waals surface area (Å²) in [5.41, 5.74) is -1.45. The van der Waals surface area contributed by atoms with Crippen molar-refractivity contribution in [3.8, 4) is 11.5 Å². The second kappa shape index (κ2) is 10.0. The Labute approximate surface area is 201 Å². The number of para-hydroxylation sites is 2. The Bertz CT molecular complexity index is 1030. The summed E-state index contributed by atoms with van der Waals surface area (Å²) in [6, 6.07) is 9.74. The zero-order valence-corrected chi connectivity index (χ0v) is 20.8. The van der Waals surface area contributed by atoms with E-state index in [9.17, 15) is 30.0 Å². The van der Waals surface area contributed by atoms with Crippen LogP contribution in [0.25, 0.3) is 12.2 Å². The first-order valence-electron chi connectivity index (χ1n) is 9.30. The Morgan fingerprint density at radius 3 is 1.45 bits per heavy atom. The Kier molecular flexibility index (Phi) is 7.86. The molecule has 2 aromatic rings. The van der Waals surface area contributed by atoms with Gasteiger partial charge in [0.2, 0.25) is 0 Å². The van der Waals surface area contributed by atoms with Crippen molar-refractivity contribution in [1.82, 2.24) is 0 Å². The quantitative estimate of drug-likeness (QED) is 0.324. The molecule has 4 rings (SSSR count). The number of rotatable bonds is 4. The number of carboxylic acids is 2. The molecule has 168 valence electrons. The first-order chi connectivity index (χ1) is 15.2. The standard InChI is InChI=1S/2C11H11NO4.Zn/c2*1-16-11(10(14)15)6-5-7-3-2-4-8(13)9(7)12-11;/h2*2-6,12-13H,1H3,(H,14,15);/q;;+2/p-2. The summed E-state index contributed by atoms with van der Waals surface area (Å²) in [4.78, 5) is 22.0. The molecule has 2 unspecified atom stereocenters. The third-order valence-electron chi connectivity index (χ3n) is 5.02. The van der Waals surface area contributed by atoms with Crippen molar-refractivity contribution in [3.05, 3.63) is 59.7 Å². The van der Waals surface area contributed by atoms with Crippen LogP contribution in [0.4, 0.5) is 11.4 Å². The molecule has 4 N–H and O–H groups in total. The molecule has 0 aliphatic carbocycles. The number of ether oxygens (including phenoxy) is 2. The van der Waals surface area contributed by atoms with E-state index in [2.05, 4.69) is 10.6 Å². The number of aromatic hydroxyl groups is 2. The van der Waals surface area contributed by atoms with Gasteiger partial charge in [0.05, 0.1) is 23.3 Å². The Hall–Kier alpha value is -3.40. The molecular weight excluding hydrogens is 486 g/mol. The van der Waals surface area contributed by atoms with E-state index < -0.39 is 23.4 Å². The monoisotopic (exact) mass is 504 g/mol. The van der Waals surface area contributed by atoms with Gasteiger partial charge in [-0.1, -0.05) is 36.4 Å². The number of hydrogen-bond acceptors (Lipinski definition) is 10. The molecule has 2 atom stereocenters. The van der Waals surface area contributed by atoms with Gasteiger partial charge in [0, 0.05) is 25.3 Å². The summed E-state index contributed by atoms with van der Waals surface area (Å²) in [6.45, 7) is 0. The van der Waals surface area contributed by atoms with Crippen LogP contribution in [0.3, 0.4) is 0 Å². The van der Waals surface area contributed by atoms with Crippen LogP contribution < -0.4 is 20.8 Å². The fraction of sp³-hybridized carbons (Fsp3) is 0.182. The second-order valence-corrected chi connectivity index (χ2v) is 6.85. The van der Waals surface area contributed by atoms with Gasteiger partial charge in [-0.25, -0.2) is 0 Å². The minimum absolute atomic E-state index is 0. The van der Waals surface area contributed by atoms with Gasteiger partial charge in [-0.2, -0.15) is 0 Å². The van der Waals surface area contributed by atoms with Gasteiger partial charge in [0.15, 0.2) is 11.4 Å². The van der Waals surface area contributed by atoms with Crippen molar-refractivity contribution in [2.45, 2.75) is 11.4 Å². The number of benzene rings is 2. The molecule has 0 saturated carbocycles. The van der Waals surface area contributed by atoms with Crippen molar-refractivity contribution in [2.75, 3.05) is 24.9 Å². The molecule has 11 heteroatoms. The van der Waals surface area contributed by atoms with E-state index in [4.69, 9.17) is 9.47 Å². The van der Waals surface area contributed by atoms with Crippen LogP contribution in [-0.4, -0.2) is 47.8 Å². The molecule has 33 heavy (non-hydrogen) atoms. The van der Waals surface area contributed by atoms with Crippen LogP contribution in [-0.2, 0) is 38.5 Å². The fourth-order valence-corrected chi connectivity index (χ4v) is 3.18. The summed E-state index contributed by atoms with van der Waals surface area (Å²) in [5, 5.41) is 46.4. The van der Waals surface area contributed by atoms with Gasteiger partial charge >= 0.3 is 19.5 Å². The second-order valence-electron chi connectivity index (χ2n) is 6.85. The van der Waals surface area contributed by atoms with Crippen molar-refractivity contribution in [3.63, 3.8) is 0 Å². The number of hydrogen-bond donors (Lipinski definition) is 4. The molecule has 2 aliphatic rings. The summed E-state index contributed by atoms with van der Waals surface area (Å²) in [7, 11) is 2.50. The van der Waals surface area contributed by atoms with E-state index in [1.54, 1.807) is 36.4 Å². The smallest absolute Gasteiger partial charge is 0.545 e. The average Bonchev–Trinajstić information content (AvgIpc) is 2.79. The van der Waals surface area contributed by atoms with Gasteiger partial charge in [-0.3, -0.25) is 0 Å². The number of aliphatic carboxylic acids is 2. The third-order valence-corrected chi connectivity index (χ3v) is 5.02. The number of anilines is 2. The van der Waals surface area contributed by atoms with Gasteiger partial charge in [-0.05, 0) is 24.3 Å². The maximum Gasteiger partial charge on any atom is 2.00 e. The summed E-state index contributed by atoms with van der Waals surface area (Å²) < 4.78 is 9.76. The minimum atomic E-state index is -1.73. The van der Waals surface area contributed by atoms with Crippen LogP contribution >= 0.6 is 0 Å². The summed E-state index contributed by atoms with van der Waals surface area (Å²) in [5.74, 6) is -2.91. The SMILES string of the molecule is COC1(C(=O)[O-])C=Cc2cccc(O)c2N1.COC1(C(=O)[O-])C=Cc2cccc(O)c2N1.[Zn+2]. The fourth-order valence-electron chi connectivity index (χ4n) is 3.18. The Balaban J connectivity index is 0.000000227. The molecular formula is C22H20N2O8Zn. The number of phenols is 2. The predicted octanol–water partition coefficient (Wildman–Crippen LogP) is -0.156. The molecule has 0 spiro atoms. The predicted molar refractivity (Wildman–Crippen MR) is 111 cm³/mol. The zero-order chi connectivity index (χ0) is 23.5. The van der Waals surface area contributed by atoms with E-state index in [1.165, 1.54) is 38.5 Å². The molecule has 10 nitrogen and oxygen atoms in total. The normalized spacial score (nSPS) is 21.6. The molecule has 0 bridgehead atoms. The first kappa shape index (κ1) is 25.9. The van der Waals surface area contributed by atoms with E-state index in [0.29, 0.717) is 22.5 Å². The number of methoxy groups -OCH3 is 2. The van der Waals surface area contributed by atoms with Crippen molar-refractivity contribution >= 4 is 35.5 Å². The van der Waals surface area contributed by atoms with Crippen molar-refractivity contribution in [2.24, 2.45) is 0 Å². The molecule has 0 amide bonds. The number of carbonyl (C=O) groups is 2. The first-order valence-corrected chi connectivity index (χ1v) is 9.30. The van der Waals surface area contributed by atoms with Gasteiger partial charge < -0.3 is 50.1 Å². The maximum atomic E-state index is 11.0. The number of carbonyl (C=O) groups excluding carboxylic acids is 2. The molecule has 2 aromatic carbocycles. The van der Waals surface area contributed by atoms with E-state index >= 15 is 0 Å². The number of fused-ring (bicyclic) bond motifs is 2. The molecule has 2 aliphatic heterocycles. The molecule has 0 saturated heterocycles.